The minimum atomic E-state index is -0.604. The lowest BCUT2D eigenvalue weighted by Crippen LogP contribution is -2.16. The number of nitrogens with zero attached hydrogens (tertiary/aromatic N) is 1. The molecule has 0 bridgehead atoms. The van der Waals surface area contributed by atoms with Crippen molar-refractivity contribution in [1.82, 2.24) is 0 Å². The third kappa shape index (κ3) is 3.30. The van der Waals surface area contributed by atoms with Gasteiger partial charge in [0.1, 0.15) is 16.9 Å². The molecular formula is C24H16ClNO3S. The average molecular weight is 434 g/mol. The average Bonchev–Trinajstić information content (AvgIpc) is 2.93. The Morgan fingerprint density at radius 1 is 1.00 bits per heavy atom. The Balaban J connectivity index is 1.73. The lowest BCUT2D eigenvalue weighted by atomic mass is 10.0. The van der Waals surface area contributed by atoms with Gasteiger partial charge in [-0.25, -0.2) is 4.79 Å². The number of para-hydroxylation sites is 2. The second kappa shape index (κ2) is 7.67. The molecule has 0 radical (unpaired) electrons. The Morgan fingerprint density at radius 3 is 2.60 bits per heavy atom. The molecule has 148 valence electrons. The fraction of sp³-hybridized carbons (Fsp3) is 0.0833. The fourth-order valence-electron chi connectivity index (χ4n) is 3.67. The molecule has 4 aromatic rings. The first-order valence-corrected chi connectivity index (χ1v) is 10.7. The maximum Gasteiger partial charge on any atom is 0.349 e. The molecule has 1 atom stereocenters. The molecule has 0 aliphatic carbocycles. The topological polar surface area (TPSA) is 62.8 Å². The summed E-state index contributed by atoms with van der Waals surface area (Å²) >= 11 is 8.14. The second-order valence-corrected chi connectivity index (χ2v) is 8.62. The Kier molecular flexibility index (Phi) is 4.85. The van der Waals surface area contributed by atoms with Gasteiger partial charge in [-0.05, 0) is 35.9 Å². The summed E-state index contributed by atoms with van der Waals surface area (Å²) in [6.07, 6.45) is 0.416. The highest BCUT2D eigenvalue weighted by Crippen LogP contribution is 2.47. The maximum absolute atomic E-state index is 12.8. The molecule has 3 aromatic carbocycles. The van der Waals surface area contributed by atoms with Gasteiger partial charge in [0.2, 0.25) is 0 Å². The van der Waals surface area contributed by atoms with Crippen LogP contribution in [0, 0.1) is 0 Å². The van der Waals surface area contributed by atoms with Crippen LogP contribution in [-0.4, -0.2) is 10.8 Å². The van der Waals surface area contributed by atoms with E-state index >= 15 is 0 Å². The Hall–Kier alpha value is -3.02. The van der Waals surface area contributed by atoms with E-state index in [4.69, 9.17) is 21.0 Å². The van der Waals surface area contributed by atoms with Gasteiger partial charge < -0.3 is 9.52 Å². The van der Waals surface area contributed by atoms with Crippen LogP contribution in [0.1, 0.15) is 22.8 Å². The molecule has 0 fully saturated rings. The molecule has 0 saturated heterocycles. The van der Waals surface area contributed by atoms with Gasteiger partial charge >= 0.3 is 5.63 Å². The highest BCUT2D eigenvalue weighted by atomic mass is 35.5. The van der Waals surface area contributed by atoms with Crippen LogP contribution in [0.5, 0.6) is 5.75 Å². The Bertz CT molecular complexity index is 1360. The molecule has 1 N–H and O–H groups in total. The third-order valence-corrected chi connectivity index (χ3v) is 6.74. The van der Waals surface area contributed by atoms with Crippen molar-refractivity contribution in [3.63, 3.8) is 0 Å². The van der Waals surface area contributed by atoms with Gasteiger partial charge in [-0.2, -0.15) is 0 Å². The van der Waals surface area contributed by atoms with Crippen LogP contribution in [0.4, 0.5) is 5.69 Å². The number of hydrogen-bond donors (Lipinski definition) is 1. The smallest absolute Gasteiger partial charge is 0.349 e. The summed E-state index contributed by atoms with van der Waals surface area (Å²) in [5.74, 6) is -0.108. The first kappa shape index (κ1) is 19.0. The standard InChI is InChI=1S/C24H16ClNO3S/c25-16-9-3-1-7-14(16)21-13-18(26-17-10-4-6-12-20(17)30-21)22-23(27)15-8-2-5-11-19(15)29-24(22)28/h1-12,21,27H,13H2. The molecule has 0 amide bonds. The van der Waals surface area contributed by atoms with Crippen molar-refractivity contribution in [1.29, 1.82) is 0 Å². The third-order valence-electron chi connectivity index (χ3n) is 5.10. The predicted molar refractivity (Wildman–Crippen MR) is 121 cm³/mol. The van der Waals surface area contributed by atoms with E-state index in [1.165, 1.54) is 0 Å². The van der Waals surface area contributed by atoms with Gasteiger partial charge in [0.05, 0.1) is 16.8 Å². The molecule has 4 nitrogen and oxygen atoms in total. The molecule has 1 aliphatic rings. The zero-order chi connectivity index (χ0) is 20.7. The van der Waals surface area contributed by atoms with Crippen LogP contribution in [0.2, 0.25) is 5.02 Å². The monoisotopic (exact) mass is 433 g/mol. The van der Waals surface area contributed by atoms with Crippen LogP contribution < -0.4 is 5.63 Å². The Labute approximate surface area is 181 Å². The van der Waals surface area contributed by atoms with Gasteiger partial charge in [0.25, 0.3) is 0 Å². The van der Waals surface area contributed by atoms with E-state index in [9.17, 15) is 9.90 Å². The predicted octanol–water partition coefficient (Wildman–Crippen LogP) is 6.51. The number of benzene rings is 3. The second-order valence-electron chi connectivity index (χ2n) is 6.97. The molecule has 0 spiro atoms. The number of fused-ring (bicyclic) bond motifs is 2. The highest BCUT2D eigenvalue weighted by molar-refractivity contribution is 7.99. The molecule has 30 heavy (non-hydrogen) atoms. The van der Waals surface area contributed by atoms with Crippen LogP contribution in [0.25, 0.3) is 11.0 Å². The summed E-state index contributed by atoms with van der Waals surface area (Å²) in [6, 6.07) is 22.4. The highest BCUT2D eigenvalue weighted by Gasteiger charge is 2.28. The van der Waals surface area contributed by atoms with Gasteiger partial charge in [-0.3, -0.25) is 4.99 Å². The molecule has 1 aliphatic heterocycles. The number of aromatic hydroxyl groups is 1. The molecule has 0 saturated carbocycles. The normalized spacial score (nSPS) is 16.0. The minimum absolute atomic E-state index is 0.0774. The van der Waals surface area contributed by atoms with Crippen molar-refractivity contribution in [2.24, 2.45) is 4.99 Å². The molecular weight excluding hydrogens is 418 g/mol. The summed E-state index contributed by atoms with van der Waals surface area (Å²) < 4.78 is 5.49. The van der Waals surface area contributed by atoms with Gasteiger partial charge in [0, 0.05) is 21.6 Å². The Morgan fingerprint density at radius 2 is 1.73 bits per heavy atom. The lowest BCUT2D eigenvalue weighted by Gasteiger charge is -2.17. The molecule has 6 heteroatoms. The summed E-state index contributed by atoms with van der Waals surface area (Å²) in [5, 5.41) is 12.0. The maximum atomic E-state index is 12.8. The summed E-state index contributed by atoms with van der Waals surface area (Å²) in [7, 11) is 0. The fourth-order valence-corrected chi connectivity index (χ4v) is 5.27. The summed E-state index contributed by atoms with van der Waals surface area (Å²) in [5.41, 5.74) is 2.03. The van der Waals surface area contributed by atoms with Crippen LogP contribution in [0.15, 0.2) is 91.9 Å². The molecule has 5 rings (SSSR count). The van der Waals surface area contributed by atoms with Crippen molar-refractivity contribution >= 4 is 45.7 Å². The largest absolute Gasteiger partial charge is 0.506 e. The van der Waals surface area contributed by atoms with E-state index in [-0.39, 0.29) is 16.6 Å². The minimum Gasteiger partial charge on any atom is -0.506 e. The van der Waals surface area contributed by atoms with Crippen LogP contribution in [-0.2, 0) is 0 Å². The number of halogens is 1. The zero-order valence-electron chi connectivity index (χ0n) is 15.7. The zero-order valence-corrected chi connectivity index (χ0v) is 17.3. The number of rotatable bonds is 2. The molecule has 1 aromatic heterocycles. The first-order valence-electron chi connectivity index (χ1n) is 9.44. The first-order chi connectivity index (χ1) is 14.6. The molecule has 2 heterocycles. The van der Waals surface area contributed by atoms with E-state index in [1.54, 1.807) is 36.0 Å². The van der Waals surface area contributed by atoms with E-state index in [1.807, 2.05) is 48.5 Å². The summed E-state index contributed by atoms with van der Waals surface area (Å²) in [6.45, 7) is 0. The number of aliphatic imine (C=N–C) groups is 1. The van der Waals surface area contributed by atoms with E-state index in [0.717, 1.165) is 16.1 Å². The van der Waals surface area contributed by atoms with E-state index < -0.39 is 5.63 Å². The molecule has 1 unspecified atom stereocenters. The van der Waals surface area contributed by atoms with Crippen molar-refractivity contribution in [3.05, 3.63) is 99.4 Å². The van der Waals surface area contributed by atoms with Crippen LogP contribution >= 0.6 is 23.4 Å². The van der Waals surface area contributed by atoms with Crippen LogP contribution in [0.3, 0.4) is 0 Å². The number of thioether (sulfide) groups is 1. The SMILES string of the molecule is O=c1oc2ccccc2c(O)c1C1=Nc2ccccc2SC(c2ccccc2Cl)C1. The quantitative estimate of drug-likeness (QED) is 0.366. The van der Waals surface area contributed by atoms with Crippen molar-refractivity contribution < 1.29 is 9.52 Å². The van der Waals surface area contributed by atoms with Gasteiger partial charge in [0.15, 0.2) is 0 Å². The van der Waals surface area contributed by atoms with Crippen molar-refractivity contribution in [3.8, 4) is 5.75 Å². The van der Waals surface area contributed by atoms with Crippen molar-refractivity contribution in [2.45, 2.75) is 16.6 Å². The van der Waals surface area contributed by atoms with Gasteiger partial charge in [-0.15, -0.1) is 11.8 Å². The number of hydrogen-bond acceptors (Lipinski definition) is 5. The lowest BCUT2D eigenvalue weighted by molar-refractivity contribution is 0.466. The van der Waals surface area contributed by atoms with E-state index in [0.29, 0.717) is 28.1 Å². The van der Waals surface area contributed by atoms with Gasteiger partial charge in [-0.1, -0.05) is 54.1 Å². The van der Waals surface area contributed by atoms with E-state index in [2.05, 4.69) is 0 Å². The van der Waals surface area contributed by atoms with Crippen molar-refractivity contribution in [2.75, 3.05) is 0 Å². The summed E-state index contributed by atoms with van der Waals surface area (Å²) in [4.78, 5) is 18.6.